The van der Waals surface area contributed by atoms with Gasteiger partial charge >= 0.3 is 5.97 Å². The summed E-state index contributed by atoms with van der Waals surface area (Å²) in [6, 6.07) is 12.4. The fourth-order valence-electron chi connectivity index (χ4n) is 4.32. The summed E-state index contributed by atoms with van der Waals surface area (Å²) in [5, 5.41) is 12.4. The van der Waals surface area contributed by atoms with Crippen molar-refractivity contribution in [2.24, 2.45) is 0 Å². The van der Waals surface area contributed by atoms with E-state index in [0.717, 1.165) is 46.8 Å². The third kappa shape index (κ3) is 3.13. The minimum Gasteiger partial charge on any atom is -0.461 e. The average Bonchev–Trinajstić information content (AvgIpc) is 3.50. The van der Waals surface area contributed by atoms with Crippen molar-refractivity contribution in [1.29, 1.82) is 5.26 Å². The maximum absolute atomic E-state index is 12.1. The van der Waals surface area contributed by atoms with E-state index in [0.29, 0.717) is 23.5 Å². The van der Waals surface area contributed by atoms with Gasteiger partial charge in [0.15, 0.2) is 11.3 Å². The number of nitrogens with zero attached hydrogens (tertiary/aromatic N) is 5. The smallest absolute Gasteiger partial charge is 0.357 e. The van der Waals surface area contributed by atoms with Crippen LogP contribution in [0.4, 0.5) is 5.82 Å². The monoisotopic (exact) mass is 431 g/mol. The fraction of sp³-hybridized carbons (Fsp3) is 0.304. The molecule has 0 saturated carbocycles. The summed E-state index contributed by atoms with van der Waals surface area (Å²) in [5.41, 5.74) is 4.37. The molecule has 1 aliphatic heterocycles. The van der Waals surface area contributed by atoms with Crippen LogP contribution in [0.5, 0.6) is 0 Å². The predicted molar refractivity (Wildman–Crippen MR) is 120 cm³/mol. The van der Waals surface area contributed by atoms with E-state index in [1.165, 1.54) is 11.3 Å². The van der Waals surface area contributed by atoms with Crippen LogP contribution in [0, 0.1) is 18.3 Å². The lowest BCUT2D eigenvalue weighted by molar-refractivity contribution is 0.0520. The largest absolute Gasteiger partial charge is 0.461 e. The van der Waals surface area contributed by atoms with Gasteiger partial charge in [-0.15, -0.1) is 11.3 Å². The first kappa shape index (κ1) is 19.5. The van der Waals surface area contributed by atoms with Gasteiger partial charge < -0.3 is 9.64 Å². The second-order valence-corrected chi connectivity index (χ2v) is 8.46. The number of imidazole rings is 1. The van der Waals surface area contributed by atoms with Crippen molar-refractivity contribution in [2.45, 2.75) is 32.7 Å². The first-order valence-corrected chi connectivity index (χ1v) is 11.2. The van der Waals surface area contributed by atoms with Crippen molar-refractivity contribution >= 4 is 39.8 Å². The lowest BCUT2D eigenvalue weighted by Crippen LogP contribution is -2.25. The Morgan fingerprint density at radius 1 is 1.35 bits per heavy atom. The highest BCUT2D eigenvalue weighted by Gasteiger charge is 2.32. The highest BCUT2D eigenvalue weighted by atomic mass is 32.1. The number of carbonyl (C=O) groups excluding carboxylic acids is 1. The van der Waals surface area contributed by atoms with Crippen LogP contribution < -0.4 is 4.90 Å². The molecule has 0 bridgehead atoms. The topological polar surface area (TPSA) is 83.5 Å². The van der Waals surface area contributed by atoms with Gasteiger partial charge in [-0.2, -0.15) is 5.26 Å². The number of hydrogen-bond donors (Lipinski definition) is 0. The number of rotatable bonds is 4. The van der Waals surface area contributed by atoms with Crippen molar-refractivity contribution in [3.63, 3.8) is 0 Å². The molecular formula is C23H21N5O2S. The molecule has 3 aromatic heterocycles. The van der Waals surface area contributed by atoms with Gasteiger partial charge in [-0.25, -0.2) is 14.8 Å². The van der Waals surface area contributed by atoms with Crippen LogP contribution in [0.2, 0.25) is 0 Å². The number of thiazole rings is 1. The van der Waals surface area contributed by atoms with Crippen molar-refractivity contribution in [2.75, 3.05) is 18.1 Å². The van der Waals surface area contributed by atoms with Crippen LogP contribution in [-0.2, 0) is 4.74 Å². The molecule has 0 spiro atoms. The minimum atomic E-state index is -0.383. The van der Waals surface area contributed by atoms with Gasteiger partial charge in [0.1, 0.15) is 16.9 Å². The quantitative estimate of drug-likeness (QED) is 0.438. The maximum Gasteiger partial charge on any atom is 0.357 e. The molecule has 1 aromatic carbocycles. The number of esters is 1. The van der Waals surface area contributed by atoms with Crippen molar-refractivity contribution in [3.05, 3.63) is 57.5 Å². The highest BCUT2D eigenvalue weighted by Crippen LogP contribution is 2.39. The molecule has 1 unspecified atom stereocenters. The number of ether oxygens (including phenoxy) is 1. The molecule has 0 N–H and O–H groups in total. The van der Waals surface area contributed by atoms with Crippen molar-refractivity contribution < 1.29 is 9.53 Å². The Hall–Kier alpha value is -3.44. The summed E-state index contributed by atoms with van der Waals surface area (Å²) >= 11 is 1.49. The molecule has 4 heterocycles. The minimum absolute atomic E-state index is 0.0601. The molecule has 156 valence electrons. The van der Waals surface area contributed by atoms with Crippen LogP contribution in [-0.4, -0.2) is 33.5 Å². The predicted octanol–water partition coefficient (Wildman–Crippen LogP) is 4.64. The van der Waals surface area contributed by atoms with Gasteiger partial charge in [-0.05, 0) is 50.5 Å². The SMILES string of the molecule is CCOC(=O)c1csc(C2CCCN2c2cc(C)c(C#N)c3nc4ccccc4n23)n1. The molecule has 0 radical (unpaired) electrons. The van der Waals surface area contributed by atoms with Crippen LogP contribution in [0.1, 0.15) is 52.4 Å². The molecule has 8 heteroatoms. The summed E-state index contributed by atoms with van der Waals surface area (Å²) < 4.78 is 7.18. The maximum atomic E-state index is 12.1. The zero-order valence-electron chi connectivity index (χ0n) is 17.3. The summed E-state index contributed by atoms with van der Waals surface area (Å²) in [5.74, 6) is 0.613. The van der Waals surface area contributed by atoms with Gasteiger partial charge in [-0.1, -0.05) is 12.1 Å². The molecule has 1 fully saturated rings. The van der Waals surface area contributed by atoms with E-state index in [1.807, 2.05) is 31.2 Å². The van der Waals surface area contributed by atoms with Crippen LogP contribution in [0.3, 0.4) is 0 Å². The molecule has 31 heavy (non-hydrogen) atoms. The van der Waals surface area contributed by atoms with E-state index in [2.05, 4.69) is 26.4 Å². The van der Waals surface area contributed by atoms with Crippen molar-refractivity contribution in [3.8, 4) is 6.07 Å². The molecule has 0 aliphatic carbocycles. The summed E-state index contributed by atoms with van der Waals surface area (Å²) in [6.45, 7) is 4.94. The third-order valence-corrected chi connectivity index (χ3v) is 6.65. The van der Waals surface area contributed by atoms with E-state index in [4.69, 9.17) is 9.72 Å². The molecule has 0 amide bonds. The number of para-hydroxylation sites is 2. The van der Waals surface area contributed by atoms with E-state index >= 15 is 0 Å². The Balaban J connectivity index is 1.65. The number of benzene rings is 1. The Morgan fingerprint density at radius 3 is 3.00 bits per heavy atom. The summed E-state index contributed by atoms with van der Waals surface area (Å²) in [6.07, 6.45) is 1.97. The third-order valence-electron chi connectivity index (χ3n) is 5.70. The number of fused-ring (bicyclic) bond motifs is 3. The Bertz CT molecular complexity index is 1350. The van der Waals surface area contributed by atoms with E-state index < -0.39 is 0 Å². The van der Waals surface area contributed by atoms with Crippen LogP contribution in [0.15, 0.2) is 35.7 Å². The summed E-state index contributed by atoms with van der Waals surface area (Å²) in [7, 11) is 0. The lowest BCUT2D eigenvalue weighted by Gasteiger charge is -2.27. The second kappa shape index (κ2) is 7.67. The Labute approximate surface area is 183 Å². The van der Waals surface area contributed by atoms with E-state index in [9.17, 15) is 10.1 Å². The number of nitriles is 1. The van der Waals surface area contributed by atoms with Gasteiger partial charge in [0.25, 0.3) is 0 Å². The first-order valence-electron chi connectivity index (χ1n) is 10.3. The second-order valence-electron chi connectivity index (χ2n) is 7.57. The number of aromatic nitrogens is 3. The van der Waals surface area contributed by atoms with Gasteiger partial charge in [0.05, 0.1) is 29.2 Å². The highest BCUT2D eigenvalue weighted by molar-refractivity contribution is 7.10. The van der Waals surface area contributed by atoms with Crippen LogP contribution in [0.25, 0.3) is 16.7 Å². The zero-order valence-corrected chi connectivity index (χ0v) is 18.1. The Morgan fingerprint density at radius 2 is 2.19 bits per heavy atom. The molecule has 1 atom stereocenters. The normalized spacial score (nSPS) is 16.2. The molecule has 7 nitrogen and oxygen atoms in total. The van der Waals surface area contributed by atoms with Gasteiger partial charge in [-0.3, -0.25) is 4.40 Å². The lowest BCUT2D eigenvalue weighted by atomic mass is 10.1. The molecule has 1 aliphatic rings. The molecule has 5 rings (SSSR count). The molecule has 1 saturated heterocycles. The first-order chi connectivity index (χ1) is 15.1. The molecule has 4 aromatic rings. The van der Waals surface area contributed by atoms with E-state index in [1.54, 1.807) is 12.3 Å². The van der Waals surface area contributed by atoms with Crippen molar-refractivity contribution in [1.82, 2.24) is 14.4 Å². The number of anilines is 1. The van der Waals surface area contributed by atoms with E-state index in [-0.39, 0.29) is 12.0 Å². The number of hydrogen-bond acceptors (Lipinski definition) is 7. The standard InChI is InChI=1S/C23H21N5O2S/c1-3-30-23(29)17-13-31-22(26-17)19-9-6-10-27(19)20-11-14(2)15(12-24)21-25-16-7-4-5-8-18(16)28(20)21/h4-5,7-8,11,13,19H,3,6,9-10H2,1-2H3. The van der Waals surface area contributed by atoms with Gasteiger partial charge in [0, 0.05) is 11.9 Å². The van der Waals surface area contributed by atoms with Gasteiger partial charge in [0.2, 0.25) is 0 Å². The fourth-order valence-corrected chi connectivity index (χ4v) is 5.25. The molecular weight excluding hydrogens is 410 g/mol. The number of carbonyl (C=O) groups is 1. The summed E-state index contributed by atoms with van der Waals surface area (Å²) in [4.78, 5) is 23.8. The number of pyridine rings is 1. The Kier molecular flexibility index (Phi) is 4.83. The van der Waals surface area contributed by atoms with Crippen LogP contribution >= 0.6 is 11.3 Å². The average molecular weight is 432 g/mol. The zero-order chi connectivity index (χ0) is 21.5. The number of aryl methyl sites for hydroxylation is 1.